The Labute approximate surface area is 83.5 Å². The van der Waals surface area contributed by atoms with Crippen LogP contribution < -0.4 is 0 Å². The molecule has 0 spiro atoms. The minimum absolute atomic E-state index is 0.358. The topological polar surface area (TPSA) is 3.24 Å². The molecule has 1 rings (SSSR count). The molecule has 78 valence electrons. The van der Waals surface area contributed by atoms with Crippen LogP contribution >= 0.6 is 0 Å². The summed E-state index contributed by atoms with van der Waals surface area (Å²) < 4.78 is 0. The fourth-order valence-corrected chi connectivity index (χ4v) is 2.18. The van der Waals surface area contributed by atoms with Gasteiger partial charge >= 0.3 is 0 Å². The summed E-state index contributed by atoms with van der Waals surface area (Å²) >= 11 is 0. The number of likely N-dealkylation sites (tertiary alicyclic amines) is 1. The molecule has 0 aromatic heterocycles. The van der Waals surface area contributed by atoms with Crippen molar-refractivity contribution < 1.29 is 0 Å². The Balaban J connectivity index is 2.62. The van der Waals surface area contributed by atoms with E-state index in [1.807, 2.05) is 0 Å². The number of nitrogens with zero attached hydrogens (tertiary/aromatic N) is 1. The van der Waals surface area contributed by atoms with Crippen molar-refractivity contribution in [3.05, 3.63) is 0 Å². The first-order valence-electron chi connectivity index (χ1n) is 5.62. The fourth-order valence-electron chi connectivity index (χ4n) is 2.18. The number of hydrogen-bond donors (Lipinski definition) is 0. The average molecular weight is 183 g/mol. The van der Waals surface area contributed by atoms with E-state index < -0.39 is 0 Å². The molecule has 1 heteroatoms. The molecule has 1 nitrogen and oxygen atoms in total. The zero-order valence-electron chi connectivity index (χ0n) is 9.98. The predicted octanol–water partition coefficient (Wildman–Crippen LogP) is 3.30. The molecule has 0 aliphatic carbocycles. The second kappa shape index (κ2) is 3.61. The normalized spacial score (nSPS) is 32.1. The Kier molecular flexibility index (Phi) is 3.06. The van der Waals surface area contributed by atoms with Crippen molar-refractivity contribution in [1.82, 2.24) is 4.90 Å². The van der Waals surface area contributed by atoms with Crippen LogP contribution in [0.1, 0.15) is 53.9 Å². The van der Waals surface area contributed by atoms with Crippen molar-refractivity contribution in [2.75, 3.05) is 13.1 Å². The summed E-state index contributed by atoms with van der Waals surface area (Å²) in [7, 11) is 0. The summed E-state index contributed by atoms with van der Waals surface area (Å²) in [5.74, 6) is 0. The van der Waals surface area contributed by atoms with Gasteiger partial charge in [0.05, 0.1) is 0 Å². The van der Waals surface area contributed by atoms with Crippen LogP contribution in [0, 0.1) is 5.41 Å². The standard InChI is InChI=1S/C12H25N/c1-6-12(5)8-7-9-13(10-12)11(2,3)4/h6-10H2,1-5H3. The van der Waals surface area contributed by atoms with Gasteiger partial charge in [-0.05, 0) is 52.0 Å². The molecular weight excluding hydrogens is 158 g/mol. The molecular formula is C12H25N. The Morgan fingerprint density at radius 2 is 1.92 bits per heavy atom. The van der Waals surface area contributed by atoms with E-state index in [2.05, 4.69) is 39.5 Å². The van der Waals surface area contributed by atoms with Gasteiger partial charge in [0.1, 0.15) is 0 Å². The highest BCUT2D eigenvalue weighted by Crippen LogP contribution is 2.35. The van der Waals surface area contributed by atoms with E-state index >= 15 is 0 Å². The van der Waals surface area contributed by atoms with E-state index in [0.717, 1.165) is 0 Å². The van der Waals surface area contributed by atoms with Crippen LogP contribution in [0.2, 0.25) is 0 Å². The summed E-state index contributed by atoms with van der Waals surface area (Å²) in [6.07, 6.45) is 4.11. The van der Waals surface area contributed by atoms with Crippen molar-refractivity contribution in [2.24, 2.45) is 5.41 Å². The Morgan fingerprint density at radius 3 is 2.38 bits per heavy atom. The minimum atomic E-state index is 0.358. The number of piperidine rings is 1. The van der Waals surface area contributed by atoms with E-state index in [9.17, 15) is 0 Å². The monoisotopic (exact) mass is 183 g/mol. The molecule has 0 aromatic carbocycles. The molecule has 1 fully saturated rings. The van der Waals surface area contributed by atoms with Gasteiger partial charge in [-0.15, -0.1) is 0 Å². The summed E-state index contributed by atoms with van der Waals surface area (Å²) in [5, 5.41) is 0. The highest BCUT2D eigenvalue weighted by molar-refractivity contribution is 4.88. The molecule has 0 N–H and O–H groups in total. The van der Waals surface area contributed by atoms with Gasteiger partial charge in [0.25, 0.3) is 0 Å². The van der Waals surface area contributed by atoms with Gasteiger partial charge in [-0.1, -0.05) is 13.8 Å². The third kappa shape index (κ3) is 2.70. The maximum atomic E-state index is 2.64. The van der Waals surface area contributed by atoms with Crippen molar-refractivity contribution in [1.29, 1.82) is 0 Å². The highest BCUT2D eigenvalue weighted by atomic mass is 15.2. The molecule has 1 aliphatic heterocycles. The van der Waals surface area contributed by atoms with E-state index in [-0.39, 0.29) is 0 Å². The lowest BCUT2D eigenvalue weighted by Gasteiger charge is -2.46. The van der Waals surface area contributed by atoms with Crippen molar-refractivity contribution in [3.8, 4) is 0 Å². The predicted molar refractivity (Wildman–Crippen MR) is 59.0 cm³/mol. The van der Waals surface area contributed by atoms with Crippen molar-refractivity contribution in [2.45, 2.75) is 59.4 Å². The van der Waals surface area contributed by atoms with E-state index in [1.54, 1.807) is 0 Å². The lowest BCUT2D eigenvalue weighted by molar-refractivity contribution is 0.0326. The lowest BCUT2D eigenvalue weighted by atomic mass is 9.78. The van der Waals surface area contributed by atoms with Gasteiger partial charge in [-0.25, -0.2) is 0 Å². The van der Waals surface area contributed by atoms with Crippen LogP contribution in [0.5, 0.6) is 0 Å². The Hall–Kier alpha value is -0.0400. The minimum Gasteiger partial charge on any atom is -0.298 e. The quantitative estimate of drug-likeness (QED) is 0.603. The smallest absolute Gasteiger partial charge is 0.0125 e. The van der Waals surface area contributed by atoms with E-state index in [4.69, 9.17) is 0 Å². The maximum Gasteiger partial charge on any atom is 0.0125 e. The second-order valence-electron chi connectivity index (χ2n) is 5.86. The zero-order valence-corrected chi connectivity index (χ0v) is 9.98. The lowest BCUT2D eigenvalue weighted by Crippen LogP contribution is -2.50. The maximum absolute atomic E-state index is 2.64. The molecule has 1 heterocycles. The van der Waals surface area contributed by atoms with Crippen LogP contribution in [0.4, 0.5) is 0 Å². The third-order valence-electron chi connectivity index (χ3n) is 3.58. The molecule has 0 amide bonds. The molecule has 0 aromatic rings. The first kappa shape index (κ1) is 11.0. The van der Waals surface area contributed by atoms with Gasteiger partial charge in [0.2, 0.25) is 0 Å². The first-order valence-corrected chi connectivity index (χ1v) is 5.62. The number of hydrogen-bond acceptors (Lipinski definition) is 1. The van der Waals surface area contributed by atoms with E-state index in [0.29, 0.717) is 11.0 Å². The summed E-state index contributed by atoms with van der Waals surface area (Å²) in [5.41, 5.74) is 0.933. The van der Waals surface area contributed by atoms with Crippen LogP contribution in [0.3, 0.4) is 0 Å². The molecule has 1 atom stereocenters. The Bertz CT molecular complexity index is 168. The number of rotatable bonds is 1. The zero-order chi connectivity index (χ0) is 10.1. The van der Waals surface area contributed by atoms with Crippen molar-refractivity contribution in [3.63, 3.8) is 0 Å². The van der Waals surface area contributed by atoms with Crippen LogP contribution in [0.15, 0.2) is 0 Å². The molecule has 0 saturated carbocycles. The molecule has 13 heavy (non-hydrogen) atoms. The summed E-state index contributed by atoms with van der Waals surface area (Å²) in [4.78, 5) is 2.64. The van der Waals surface area contributed by atoms with Crippen LogP contribution in [-0.2, 0) is 0 Å². The van der Waals surface area contributed by atoms with Gasteiger partial charge in [0.15, 0.2) is 0 Å². The van der Waals surface area contributed by atoms with Gasteiger partial charge in [-0.3, -0.25) is 4.90 Å². The highest BCUT2D eigenvalue weighted by Gasteiger charge is 2.33. The summed E-state index contributed by atoms with van der Waals surface area (Å²) in [6.45, 7) is 14.3. The van der Waals surface area contributed by atoms with Gasteiger partial charge in [0, 0.05) is 12.1 Å². The molecule has 0 bridgehead atoms. The first-order chi connectivity index (χ1) is 5.87. The SMILES string of the molecule is CCC1(C)CCCN(C(C)(C)C)C1. The third-order valence-corrected chi connectivity index (χ3v) is 3.58. The Morgan fingerprint density at radius 1 is 1.31 bits per heavy atom. The van der Waals surface area contributed by atoms with Crippen molar-refractivity contribution >= 4 is 0 Å². The molecule has 1 aliphatic rings. The van der Waals surface area contributed by atoms with Crippen LogP contribution in [0.25, 0.3) is 0 Å². The van der Waals surface area contributed by atoms with Crippen LogP contribution in [-0.4, -0.2) is 23.5 Å². The molecule has 0 radical (unpaired) electrons. The van der Waals surface area contributed by atoms with Gasteiger partial charge < -0.3 is 0 Å². The second-order valence-corrected chi connectivity index (χ2v) is 5.86. The average Bonchev–Trinajstić information content (AvgIpc) is 2.03. The molecule has 1 saturated heterocycles. The molecule has 1 unspecified atom stereocenters. The largest absolute Gasteiger partial charge is 0.298 e. The van der Waals surface area contributed by atoms with Gasteiger partial charge in [-0.2, -0.15) is 0 Å². The summed E-state index contributed by atoms with van der Waals surface area (Å²) in [6, 6.07) is 0. The fraction of sp³-hybridized carbons (Fsp3) is 1.00. The van der Waals surface area contributed by atoms with E-state index in [1.165, 1.54) is 32.4 Å².